The number of aromatic hydroxyl groups is 1. The fraction of sp³-hybridized carbons (Fsp3) is 0.417. The second kappa shape index (κ2) is 4.68. The lowest BCUT2D eigenvalue weighted by atomic mass is 10.1. The van der Waals surface area contributed by atoms with Gasteiger partial charge in [-0.15, -0.1) is 12.4 Å². The van der Waals surface area contributed by atoms with E-state index in [9.17, 15) is 5.11 Å². The first kappa shape index (κ1) is 13.4. The van der Waals surface area contributed by atoms with Gasteiger partial charge in [-0.3, -0.25) is 4.99 Å². The van der Waals surface area contributed by atoms with E-state index >= 15 is 0 Å². The van der Waals surface area contributed by atoms with Crippen LogP contribution in [-0.2, 0) is 0 Å². The topological polar surface area (TPSA) is 32.6 Å². The van der Waals surface area contributed by atoms with Crippen LogP contribution in [-0.4, -0.2) is 21.4 Å². The van der Waals surface area contributed by atoms with Gasteiger partial charge in [0, 0.05) is 10.3 Å². The van der Waals surface area contributed by atoms with Crippen LogP contribution in [0.1, 0.15) is 25.0 Å². The number of aliphatic imine (C=N–C) groups is 1. The molecule has 0 aromatic heterocycles. The molecule has 0 unspecified atom stereocenters. The molecule has 4 heteroatoms. The van der Waals surface area contributed by atoms with E-state index in [0.29, 0.717) is 5.75 Å². The van der Waals surface area contributed by atoms with Crippen LogP contribution in [0, 0.1) is 6.92 Å². The zero-order valence-electron chi connectivity index (χ0n) is 9.65. The van der Waals surface area contributed by atoms with Gasteiger partial charge in [0.05, 0.1) is 11.6 Å². The number of phenolic OH excluding ortho intramolecular Hbond substituents is 1. The van der Waals surface area contributed by atoms with Crippen molar-refractivity contribution in [2.75, 3.05) is 6.54 Å². The van der Waals surface area contributed by atoms with Crippen molar-refractivity contribution in [2.24, 2.45) is 4.99 Å². The van der Waals surface area contributed by atoms with Crippen LogP contribution in [0.5, 0.6) is 5.75 Å². The Morgan fingerprint density at radius 1 is 1.38 bits per heavy atom. The number of halogens is 1. The highest BCUT2D eigenvalue weighted by atomic mass is 35.5. The number of phenols is 1. The molecule has 0 amide bonds. The lowest BCUT2D eigenvalue weighted by molar-refractivity contribution is 0.475. The smallest absolute Gasteiger partial charge is 0.115 e. The van der Waals surface area contributed by atoms with Crippen LogP contribution in [0.2, 0.25) is 0 Å². The van der Waals surface area contributed by atoms with Crippen LogP contribution < -0.4 is 0 Å². The third kappa shape index (κ3) is 2.71. The first-order valence-corrected chi connectivity index (χ1v) is 5.83. The van der Waals surface area contributed by atoms with Crippen LogP contribution in [0.25, 0.3) is 0 Å². The molecule has 0 bridgehead atoms. The Labute approximate surface area is 107 Å². The average Bonchev–Trinajstić information content (AvgIpc) is 2.46. The van der Waals surface area contributed by atoms with E-state index in [1.165, 1.54) is 0 Å². The molecule has 1 aliphatic rings. The molecule has 88 valence electrons. The number of hydrogen-bond acceptors (Lipinski definition) is 3. The van der Waals surface area contributed by atoms with E-state index in [1.54, 1.807) is 12.1 Å². The van der Waals surface area contributed by atoms with Gasteiger partial charge in [-0.1, -0.05) is 11.8 Å². The summed E-state index contributed by atoms with van der Waals surface area (Å²) in [4.78, 5) is 4.55. The summed E-state index contributed by atoms with van der Waals surface area (Å²) in [5, 5.41) is 10.4. The summed E-state index contributed by atoms with van der Waals surface area (Å²) in [5.74, 6) is 0.319. The molecule has 2 nitrogen and oxygen atoms in total. The maximum absolute atomic E-state index is 9.34. The molecule has 0 aliphatic carbocycles. The predicted octanol–water partition coefficient (Wildman–Crippen LogP) is 3.39. The van der Waals surface area contributed by atoms with Gasteiger partial charge in [-0.05, 0) is 44.5 Å². The maximum atomic E-state index is 9.34. The molecule has 1 aromatic rings. The van der Waals surface area contributed by atoms with Crippen LogP contribution in [0.15, 0.2) is 23.2 Å². The highest BCUT2D eigenvalue weighted by Gasteiger charge is 2.28. The molecular formula is C12H16ClNOS. The molecule has 0 spiro atoms. The van der Waals surface area contributed by atoms with Crippen LogP contribution in [0.4, 0.5) is 0 Å². The number of aryl methyl sites for hydroxylation is 1. The molecule has 0 atom stereocenters. The van der Waals surface area contributed by atoms with E-state index < -0.39 is 0 Å². The average molecular weight is 258 g/mol. The molecule has 16 heavy (non-hydrogen) atoms. The number of thioether (sulfide) groups is 1. The van der Waals surface area contributed by atoms with Gasteiger partial charge in [-0.2, -0.15) is 0 Å². The summed E-state index contributed by atoms with van der Waals surface area (Å²) in [5.41, 5.74) is 2.22. The van der Waals surface area contributed by atoms with Gasteiger partial charge in [0.15, 0.2) is 0 Å². The van der Waals surface area contributed by atoms with Gasteiger partial charge in [0.25, 0.3) is 0 Å². The van der Waals surface area contributed by atoms with Crippen molar-refractivity contribution in [3.8, 4) is 5.75 Å². The Morgan fingerprint density at radius 3 is 2.56 bits per heavy atom. The van der Waals surface area contributed by atoms with Crippen molar-refractivity contribution in [2.45, 2.75) is 25.5 Å². The molecule has 1 heterocycles. The van der Waals surface area contributed by atoms with E-state index in [1.807, 2.05) is 24.8 Å². The number of benzene rings is 1. The fourth-order valence-corrected chi connectivity index (χ4v) is 2.74. The van der Waals surface area contributed by atoms with E-state index in [0.717, 1.165) is 22.7 Å². The van der Waals surface area contributed by atoms with Crippen molar-refractivity contribution < 1.29 is 5.11 Å². The number of hydrogen-bond donors (Lipinski definition) is 1. The maximum Gasteiger partial charge on any atom is 0.115 e. The van der Waals surface area contributed by atoms with E-state index in [2.05, 4.69) is 18.8 Å². The largest absolute Gasteiger partial charge is 0.508 e. The second-order valence-corrected chi connectivity index (χ2v) is 6.18. The molecule has 2 rings (SSSR count). The Kier molecular flexibility index (Phi) is 3.92. The molecule has 0 saturated carbocycles. The van der Waals surface area contributed by atoms with E-state index in [-0.39, 0.29) is 17.2 Å². The summed E-state index contributed by atoms with van der Waals surface area (Å²) in [7, 11) is 0. The van der Waals surface area contributed by atoms with Gasteiger partial charge < -0.3 is 5.11 Å². The zero-order chi connectivity index (χ0) is 11.1. The van der Waals surface area contributed by atoms with Crippen molar-refractivity contribution in [1.29, 1.82) is 0 Å². The van der Waals surface area contributed by atoms with Gasteiger partial charge >= 0.3 is 0 Å². The molecule has 1 aliphatic heterocycles. The lowest BCUT2D eigenvalue weighted by Crippen LogP contribution is -2.14. The molecule has 1 aromatic carbocycles. The first-order chi connectivity index (χ1) is 6.98. The van der Waals surface area contributed by atoms with Crippen molar-refractivity contribution in [3.05, 3.63) is 29.3 Å². The van der Waals surface area contributed by atoms with Gasteiger partial charge in [0.2, 0.25) is 0 Å². The SMILES string of the molecule is Cc1cc(O)ccc1C1=NCC(C)(C)S1.Cl. The normalized spacial score (nSPS) is 17.8. The predicted molar refractivity (Wildman–Crippen MR) is 73.2 cm³/mol. The zero-order valence-corrected chi connectivity index (χ0v) is 11.3. The molecule has 1 N–H and O–H groups in total. The highest BCUT2D eigenvalue weighted by molar-refractivity contribution is 8.15. The Balaban J connectivity index is 0.00000128. The van der Waals surface area contributed by atoms with E-state index in [4.69, 9.17) is 0 Å². The minimum Gasteiger partial charge on any atom is -0.508 e. The fourth-order valence-electron chi connectivity index (χ4n) is 1.62. The minimum atomic E-state index is 0. The molecular weight excluding hydrogens is 242 g/mol. The Bertz CT molecular complexity index is 429. The molecule has 0 fully saturated rings. The second-order valence-electron chi connectivity index (χ2n) is 4.48. The summed E-state index contributed by atoms with van der Waals surface area (Å²) >= 11 is 1.81. The van der Waals surface area contributed by atoms with Crippen molar-refractivity contribution in [1.82, 2.24) is 0 Å². The standard InChI is InChI=1S/C12H15NOS.ClH/c1-8-6-9(14)4-5-10(8)11-13-7-12(2,3)15-11;/h4-6,14H,7H2,1-3H3;1H. The third-order valence-electron chi connectivity index (χ3n) is 2.42. The third-order valence-corrected chi connectivity index (χ3v) is 3.64. The van der Waals surface area contributed by atoms with Crippen molar-refractivity contribution in [3.63, 3.8) is 0 Å². The van der Waals surface area contributed by atoms with Crippen LogP contribution in [0.3, 0.4) is 0 Å². The Hall–Kier alpha value is -0.670. The Morgan fingerprint density at radius 2 is 2.06 bits per heavy atom. The van der Waals surface area contributed by atoms with Crippen LogP contribution >= 0.6 is 24.2 Å². The van der Waals surface area contributed by atoms with Gasteiger partial charge in [-0.25, -0.2) is 0 Å². The lowest BCUT2D eigenvalue weighted by Gasteiger charge is -2.14. The van der Waals surface area contributed by atoms with Gasteiger partial charge in [0.1, 0.15) is 5.75 Å². The highest BCUT2D eigenvalue weighted by Crippen LogP contribution is 2.35. The monoisotopic (exact) mass is 257 g/mol. The number of rotatable bonds is 1. The summed E-state index contributed by atoms with van der Waals surface area (Å²) in [6, 6.07) is 5.44. The molecule has 0 radical (unpaired) electrons. The molecule has 0 saturated heterocycles. The summed E-state index contributed by atoms with van der Waals surface area (Å²) < 4.78 is 0.208. The quantitative estimate of drug-likeness (QED) is 0.837. The summed E-state index contributed by atoms with van der Waals surface area (Å²) in [6.07, 6.45) is 0. The first-order valence-electron chi connectivity index (χ1n) is 5.01. The number of nitrogens with zero attached hydrogens (tertiary/aromatic N) is 1. The van der Waals surface area contributed by atoms with Crippen molar-refractivity contribution >= 4 is 29.2 Å². The minimum absolute atomic E-state index is 0. The summed E-state index contributed by atoms with van der Waals surface area (Å²) in [6.45, 7) is 7.27.